The van der Waals surface area contributed by atoms with Gasteiger partial charge in [0.2, 0.25) is 5.91 Å². The van der Waals surface area contributed by atoms with Crippen LogP contribution >= 0.6 is 11.6 Å². The average molecular weight is 241 g/mol. The molecule has 0 saturated heterocycles. The van der Waals surface area contributed by atoms with Crippen molar-refractivity contribution >= 4 is 29.1 Å². The molecule has 0 aliphatic carbocycles. The lowest BCUT2D eigenvalue weighted by Crippen LogP contribution is -2.27. The van der Waals surface area contributed by atoms with E-state index in [9.17, 15) is 9.59 Å². The number of amides is 2. The van der Waals surface area contributed by atoms with Crippen LogP contribution in [0.1, 0.15) is 10.4 Å². The third-order valence-corrected chi connectivity index (χ3v) is 2.44. The largest absolute Gasteiger partial charge is 0.355 e. The summed E-state index contributed by atoms with van der Waals surface area (Å²) in [5, 5.41) is 2.52. The summed E-state index contributed by atoms with van der Waals surface area (Å²) in [5.41, 5.74) is 1.15. The normalized spacial score (nSPS) is 9.69. The molecule has 1 rings (SSSR count). The first-order valence-electron chi connectivity index (χ1n) is 4.74. The van der Waals surface area contributed by atoms with Crippen molar-refractivity contribution in [1.82, 2.24) is 5.32 Å². The topological polar surface area (TPSA) is 49.4 Å². The predicted octanol–water partition coefficient (Wildman–Crippen LogP) is 1.25. The summed E-state index contributed by atoms with van der Waals surface area (Å²) >= 11 is 5.46. The quantitative estimate of drug-likeness (QED) is 0.809. The summed E-state index contributed by atoms with van der Waals surface area (Å²) in [6.45, 7) is 0. The number of hydrogen-bond acceptors (Lipinski definition) is 2. The predicted molar refractivity (Wildman–Crippen MR) is 64.0 cm³/mol. The van der Waals surface area contributed by atoms with Gasteiger partial charge >= 0.3 is 0 Å². The molecule has 1 aromatic carbocycles. The third kappa shape index (κ3) is 2.73. The van der Waals surface area contributed by atoms with Crippen LogP contribution in [0.2, 0.25) is 0 Å². The molecule has 1 aromatic rings. The summed E-state index contributed by atoms with van der Waals surface area (Å²) in [4.78, 5) is 24.2. The van der Waals surface area contributed by atoms with E-state index in [0.29, 0.717) is 11.3 Å². The number of alkyl halides is 1. The molecule has 2 amide bonds. The summed E-state index contributed by atoms with van der Waals surface area (Å²) < 4.78 is 0. The Hall–Kier alpha value is -1.55. The molecule has 0 radical (unpaired) electrons. The number of anilines is 1. The zero-order chi connectivity index (χ0) is 12.1. The van der Waals surface area contributed by atoms with Crippen molar-refractivity contribution in [2.75, 3.05) is 24.9 Å². The molecule has 0 atom stereocenters. The number of carbonyl (C=O) groups excluding carboxylic acids is 2. The van der Waals surface area contributed by atoms with Crippen LogP contribution < -0.4 is 10.2 Å². The van der Waals surface area contributed by atoms with E-state index in [2.05, 4.69) is 5.32 Å². The SMILES string of the molecule is CNC(=O)c1cccc(N(C)C(=O)CCl)c1. The van der Waals surface area contributed by atoms with Crippen molar-refractivity contribution in [2.45, 2.75) is 0 Å². The fourth-order valence-electron chi connectivity index (χ4n) is 1.23. The minimum Gasteiger partial charge on any atom is -0.355 e. The molecule has 0 spiro atoms. The molecule has 16 heavy (non-hydrogen) atoms. The van der Waals surface area contributed by atoms with Crippen LogP contribution in [0.5, 0.6) is 0 Å². The van der Waals surface area contributed by atoms with Crippen molar-refractivity contribution in [2.24, 2.45) is 0 Å². The number of halogens is 1. The van der Waals surface area contributed by atoms with Gasteiger partial charge in [-0.05, 0) is 18.2 Å². The van der Waals surface area contributed by atoms with E-state index < -0.39 is 0 Å². The van der Waals surface area contributed by atoms with Gasteiger partial charge in [0.1, 0.15) is 5.88 Å². The zero-order valence-electron chi connectivity index (χ0n) is 9.16. The Morgan fingerprint density at radius 3 is 2.69 bits per heavy atom. The van der Waals surface area contributed by atoms with E-state index in [1.807, 2.05) is 0 Å². The number of hydrogen-bond donors (Lipinski definition) is 1. The molecule has 0 unspecified atom stereocenters. The van der Waals surface area contributed by atoms with Crippen LogP contribution in [0, 0.1) is 0 Å². The highest BCUT2D eigenvalue weighted by molar-refractivity contribution is 6.29. The molecular weight excluding hydrogens is 228 g/mol. The van der Waals surface area contributed by atoms with Gasteiger partial charge in [-0.15, -0.1) is 11.6 Å². The van der Waals surface area contributed by atoms with Crippen LogP contribution in [-0.2, 0) is 4.79 Å². The molecule has 0 bridgehead atoms. The summed E-state index contributed by atoms with van der Waals surface area (Å²) in [6.07, 6.45) is 0. The highest BCUT2D eigenvalue weighted by Gasteiger charge is 2.11. The second-order valence-electron chi connectivity index (χ2n) is 3.22. The Morgan fingerprint density at radius 1 is 1.44 bits per heavy atom. The lowest BCUT2D eigenvalue weighted by molar-refractivity contribution is -0.116. The fourth-order valence-corrected chi connectivity index (χ4v) is 1.41. The maximum atomic E-state index is 11.4. The van der Waals surface area contributed by atoms with E-state index in [4.69, 9.17) is 11.6 Å². The summed E-state index contributed by atoms with van der Waals surface area (Å²) in [7, 11) is 3.18. The van der Waals surface area contributed by atoms with E-state index in [1.165, 1.54) is 4.90 Å². The molecule has 0 fully saturated rings. The Balaban J connectivity index is 2.98. The van der Waals surface area contributed by atoms with E-state index in [0.717, 1.165) is 0 Å². The van der Waals surface area contributed by atoms with E-state index in [-0.39, 0.29) is 17.7 Å². The fraction of sp³-hybridized carbons (Fsp3) is 0.273. The standard InChI is InChI=1S/C11H13ClN2O2/c1-13-11(16)8-4-3-5-9(6-8)14(2)10(15)7-12/h3-6H,7H2,1-2H3,(H,13,16). The van der Waals surface area contributed by atoms with Crippen LogP contribution in [0.25, 0.3) is 0 Å². The molecule has 0 aliphatic heterocycles. The molecule has 0 aromatic heterocycles. The highest BCUT2D eigenvalue weighted by atomic mass is 35.5. The number of carbonyl (C=O) groups is 2. The van der Waals surface area contributed by atoms with Gasteiger partial charge < -0.3 is 10.2 Å². The molecule has 0 saturated carbocycles. The monoisotopic (exact) mass is 240 g/mol. The van der Waals surface area contributed by atoms with Crippen molar-refractivity contribution in [3.63, 3.8) is 0 Å². The Kier molecular flexibility index (Phi) is 4.31. The van der Waals surface area contributed by atoms with Crippen molar-refractivity contribution < 1.29 is 9.59 Å². The summed E-state index contributed by atoms with van der Waals surface area (Å²) in [6, 6.07) is 6.79. The number of nitrogens with one attached hydrogen (secondary N) is 1. The van der Waals surface area contributed by atoms with Crippen molar-refractivity contribution in [3.8, 4) is 0 Å². The van der Waals surface area contributed by atoms with Gasteiger partial charge in [0, 0.05) is 25.3 Å². The Morgan fingerprint density at radius 2 is 2.12 bits per heavy atom. The molecule has 86 valence electrons. The lowest BCUT2D eigenvalue weighted by Gasteiger charge is -2.16. The van der Waals surface area contributed by atoms with E-state index in [1.54, 1.807) is 38.4 Å². The molecule has 4 nitrogen and oxygen atoms in total. The van der Waals surface area contributed by atoms with Crippen LogP contribution in [0.4, 0.5) is 5.69 Å². The summed E-state index contributed by atoms with van der Waals surface area (Å²) in [5.74, 6) is -0.481. The first-order valence-corrected chi connectivity index (χ1v) is 5.28. The van der Waals surface area contributed by atoms with Crippen molar-refractivity contribution in [3.05, 3.63) is 29.8 Å². The Labute approximate surface area is 99.2 Å². The molecule has 1 N–H and O–H groups in total. The molecule has 5 heteroatoms. The minimum atomic E-state index is -0.212. The maximum absolute atomic E-state index is 11.4. The second kappa shape index (κ2) is 5.51. The smallest absolute Gasteiger partial charge is 0.251 e. The lowest BCUT2D eigenvalue weighted by atomic mass is 10.2. The van der Waals surface area contributed by atoms with Gasteiger partial charge in [0.15, 0.2) is 0 Å². The van der Waals surface area contributed by atoms with Gasteiger partial charge in [-0.25, -0.2) is 0 Å². The Bertz CT molecular complexity index is 407. The zero-order valence-corrected chi connectivity index (χ0v) is 9.91. The molecule has 0 aliphatic rings. The maximum Gasteiger partial charge on any atom is 0.251 e. The average Bonchev–Trinajstić information content (AvgIpc) is 2.36. The van der Waals surface area contributed by atoms with Gasteiger partial charge in [-0.3, -0.25) is 9.59 Å². The highest BCUT2D eigenvalue weighted by Crippen LogP contribution is 2.15. The third-order valence-electron chi connectivity index (χ3n) is 2.21. The number of nitrogens with zero attached hydrogens (tertiary/aromatic N) is 1. The molecular formula is C11H13ClN2O2. The van der Waals surface area contributed by atoms with Gasteiger partial charge in [0.25, 0.3) is 5.91 Å². The number of benzene rings is 1. The van der Waals surface area contributed by atoms with Crippen LogP contribution in [0.15, 0.2) is 24.3 Å². The first kappa shape index (κ1) is 12.5. The van der Waals surface area contributed by atoms with Crippen molar-refractivity contribution in [1.29, 1.82) is 0 Å². The minimum absolute atomic E-state index is 0.0826. The van der Waals surface area contributed by atoms with Gasteiger partial charge in [-0.2, -0.15) is 0 Å². The van der Waals surface area contributed by atoms with Crippen LogP contribution in [0.3, 0.4) is 0 Å². The van der Waals surface area contributed by atoms with E-state index >= 15 is 0 Å². The first-order chi connectivity index (χ1) is 7.60. The molecule has 0 heterocycles. The second-order valence-corrected chi connectivity index (χ2v) is 3.48. The number of rotatable bonds is 3. The van der Waals surface area contributed by atoms with Gasteiger partial charge in [-0.1, -0.05) is 6.07 Å². The van der Waals surface area contributed by atoms with Gasteiger partial charge in [0.05, 0.1) is 0 Å². The van der Waals surface area contributed by atoms with Crippen LogP contribution in [-0.4, -0.2) is 31.8 Å².